The summed E-state index contributed by atoms with van der Waals surface area (Å²) in [6.45, 7) is 5.79. The third kappa shape index (κ3) is 1.93. The molecule has 0 fully saturated rings. The maximum absolute atomic E-state index is 9.39. The lowest BCUT2D eigenvalue weighted by atomic mass is 10.1. The highest BCUT2D eigenvalue weighted by Crippen LogP contribution is 2.33. The molecule has 0 heterocycles. The molecular weight excluding hydrogens is 168 g/mol. The van der Waals surface area contributed by atoms with Gasteiger partial charge in [0.25, 0.3) is 0 Å². The molecule has 0 spiro atoms. The summed E-state index contributed by atoms with van der Waals surface area (Å²) in [6, 6.07) is 2.89. The summed E-state index contributed by atoms with van der Waals surface area (Å²) in [4.78, 5) is 0. The Bertz CT molecular complexity index is 295. The lowest BCUT2D eigenvalue weighted by Crippen LogP contribution is -1.91. The normalized spacial score (nSPS) is 9.62. The van der Waals surface area contributed by atoms with E-state index in [2.05, 4.69) is 6.58 Å². The molecule has 0 aliphatic rings. The summed E-state index contributed by atoms with van der Waals surface area (Å²) in [5, 5.41) is 18.8. The molecule has 0 aromatic heterocycles. The van der Waals surface area contributed by atoms with Gasteiger partial charge in [0.15, 0.2) is 0 Å². The molecule has 1 aromatic rings. The number of ether oxygens (including phenoxy) is 1. The lowest BCUT2D eigenvalue weighted by molar-refractivity contribution is 0.334. The summed E-state index contributed by atoms with van der Waals surface area (Å²) >= 11 is 0. The van der Waals surface area contributed by atoms with Gasteiger partial charge in [-0.2, -0.15) is 0 Å². The zero-order valence-corrected chi connectivity index (χ0v) is 7.45. The largest absolute Gasteiger partial charge is 0.507 e. The Morgan fingerprint density at radius 3 is 2.31 bits per heavy atom. The third-order valence-corrected chi connectivity index (χ3v) is 1.62. The Morgan fingerprint density at radius 2 is 1.92 bits per heavy atom. The first kappa shape index (κ1) is 9.45. The van der Waals surface area contributed by atoms with Gasteiger partial charge in [0.05, 0.1) is 12.2 Å². The molecule has 13 heavy (non-hydrogen) atoms. The molecule has 0 aliphatic carbocycles. The zero-order valence-electron chi connectivity index (χ0n) is 7.45. The van der Waals surface area contributed by atoms with Crippen LogP contribution in [0.1, 0.15) is 12.5 Å². The summed E-state index contributed by atoms with van der Waals surface area (Å²) in [5.41, 5.74) is 0.323. The van der Waals surface area contributed by atoms with E-state index in [1.807, 2.05) is 6.92 Å². The van der Waals surface area contributed by atoms with Crippen molar-refractivity contribution in [2.75, 3.05) is 6.61 Å². The monoisotopic (exact) mass is 180 g/mol. The van der Waals surface area contributed by atoms with Crippen molar-refractivity contribution in [2.24, 2.45) is 0 Å². The van der Waals surface area contributed by atoms with Crippen LogP contribution in [-0.2, 0) is 0 Å². The molecule has 0 unspecified atom stereocenters. The Labute approximate surface area is 76.9 Å². The van der Waals surface area contributed by atoms with Gasteiger partial charge >= 0.3 is 0 Å². The molecule has 1 rings (SSSR count). The molecule has 0 aliphatic heterocycles. The highest BCUT2D eigenvalue weighted by atomic mass is 16.5. The second-order valence-corrected chi connectivity index (χ2v) is 2.51. The van der Waals surface area contributed by atoms with E-state index in [1.54, 1.807) is 0 Å². The Morgan fingerprint density at radius 1 is 1.38 bits per heavy atom. The van der Waals surface area contributed by atoms with E-state index in [1.165, 1.54) is 18.2 Å². The standard InChI is InChI=1S/C10H12O3/c1-3-8-9(11)5-7(13-4-2)6-10(8)12/h3,5-6,11-12H,1,4H2,2H3. The van der Waals surface area contributed by atoms with Gasteiger partial charge in [0, 0.05) is 12.1 Å². The van der Waals surface area contributed by atoms with Crippen LogP contribution < -0.4 is 4.74 Å². The van der Waals surface area contributed by atoms with E-state index in [9.17, 15) is 10.2 Å². The van der Waals surface area contributed by atoms with Gasteiger partial charge in [-0.1, -0.05) is 12.7 Å². The topological polar surface area (TPSA) is 49.7 Å². The van der Waals surface area contributed by atoms with Crippen molar-refractivity contribution in [3.63, 3.8) is 0 Å². The number of benzene rings is 1. The average molecular weight is 180 g/mol. The molecule has 70 valence electrons. The van der Waals surface area contributed by atoms with E-state index < -0.39 is 0 Å². The molecule has 0 atom stereocenters. The first-order valence-electron chi connectivity index (χ1n) is 4.00. The van der Waals surface area contributed by atoms with Gasteiger partial charge < -0.3 is 14.9 Å². The zero-order chi connectivity index (χ0) is 9.84. The summed E-state index contributed by atoms with van der Waals surface area (Å²) in [6.07, 6.45) is 1.39. The number of hydrogen-bond acceptors (Lipinski definition) is 3. The van der Waals surface area contributed by atoms with E-state index in [0.717, 1.165) is 0 Å². The van der Waals surface area contributed by atoms with Crippen LogP contribution in [0.5, 0.6) is 17.2 Å². The van der Waals surface area contributed by atoms with Crippen molar-refractivity contribution in [1.29, 1.82) is 0 Å². The average Bonchev–Trinajstić information content (AvgIpc) is 2.04. The molecular formula is C10H12O3. The molecule has 1 aromatic carbocycles. The lowest BCUT2D eigenvalue weighted by Gasteiger charge is -2.07. The van der Waals surface area contributed by atoms with Crippen LogP contribution in [0.2, 0.25) is 0 Å². The van der Waals surface area contributed by atoms with E-state index >= 15 is 0 Å². The molecule has 3 heteroatoms. The Kier molecular flexibility index (Phi) is 2.80. The number of phenols is 2. The van der Waals surface area contributed by atoms with Gasteiger partial charge in [0.2, 0.25) is 0 Å². The molecule has 0 saturated heterocycles. The second kappa shape index (κ2) is 3.85. The highest BCUT2D eigenvalue weighted by Gasteiger charge is 2.06. The maximum Gasteiger partial charge on any atom is 0.130 e. The van der Waals surface area contributed by atoms with Crippen molar-refractivity contribution >= 4 is 6.08 Å². The van der Waals surface area contributed by atoms with Gasteiger partial charge in [-0.05, 0) is 6.92 Å². The summed E-state index contributed by atoms with van der Waals surface area (Å²) in [7, 11) is 0. The first-order valence-corrected chi connectivity index (χ1v) is 4.00. The van der Waals surface area contributed by atoms with Crippen LogP contribution in [0.4, 0.5) is 0 Å². The quantitative estimate of drug-likeness (QED) is 0.749. The predicted molar refractivity (Wildman–Crippen MR) is 51.0 cm³/mol. The van der Waals surface area contributed by atoms with Crippen LogP contribution in [-0.4, -0.2) is 16.8 Å². The minimum absolute atomic E-state index is 0.0292. The van der Waals surface area contributed by atoms with Crippen molar-refractivity contribution in [3.05, 3.63) is 24.3 Å². The predicted octanol–water partition coefficient (Wildman–Crippen LogP) is 2.14. The van der Waals surface area contributed by atoms with Gasteiger partial charge in [-0.15, -0.1) is 0 Å². The molecule has 0 amide bonds. The van der Waals surface area contributed by atoms with Crippen LogP contribution in [0.3, 0.4) is 0 Å². The fraction of sp³-hybridized carbons (Fsp3) is 0.200. The number of phenolic OH excluding ortho intramolecular Hbond substituents is 2. The smallest absolute Gasteiger partial charge is 0.130 e. The number of aromatic hydroxyl groups is 2. The maximum atomic E-state index is 9.39. The second-order valence-electron chi connectivity index (χ2n) is 2.51. The van der Waals surface area contributed by atoms with Crippen LogP contribution in [0, 0.1) is 0 Å². The van der Waals surface area contributed by atoms with Gasteiger partial charge in [0.1, 0.15) is 17.2 Å². The van der Waals surface area contributed by atoms with E-state index in [4.69, 9.17) is 4.74 Å². The van der Waals surface area contributed by atoms with Crippen molar-refractivity contribution in [2.45, 2.75) is 6.92 Å². The fourth-order valence-electron chi connectivity index (χ4n) is 1.06. The van der Waals surface area contributed by atoms with Crippen LogP contribution >= 0.6 is 0 Å². The number of hydrogen-bond donors (Lipinski definition) is 2. The van der Waals surface area contributed by atoms with Gasteiger partial charge in [-0.3, -0.25) is 0 Å². The van der Waals surface area contributed by atoms with E-state index in [-0.39, 0.29) is 11.5 Å². The molecule has 3 nitrogen and oxygen atoms in total. The van der Waals surface area contributed by atoms with Crippen LogP contribution in [0.15, 0.2) is 18.7 Å². The van der Waals surface area contributed by atoms with Crippen LogP contribution in [0.25, 0.3) is 6.08 Å². The van der Waals surface area contributed by atoms with Crippen molar-refractivity contribution < 1.29 is 14.9 Å². The minimum Gasteiger partial charge on any atom is -0.507 e. The third-order valence-electron chi connectivity index (χ3n) is 1.62. The van der Waals surface area contributed by atoms with Crippen molar-refractivity contribution in [3.8, 4) is 17.2 Å². The summed E-state index contributed by atoms with van der Waals surface area (Å²) < 4.78 is 5.11. The summed E-state index contributed by atoms with van der Waals surface area (Å²) in [5.74, 6) is 0.389. The first-order chi connectivity index (χ1) is 6.19. The fourth-order valence-corrected chi connectivity index (χ4v) is 1.06. The minimum atomic E-state index is -0.0292. The molecule has 0 radical (unpaired) electrons. The SMILES string of the molecule is C=Cc1c(O)cc(OCC)cc1O. The van der Waals surface area contributed by atoms with Gasteiger partial charge in [-0.25, -0.2) is 0 Å². The number of rotatable bonds is 3. The van der Waals surface area contributed by atoms with E-state index in [0.29, 0.717) is 17.9 Å². The Balaban J connectivity index is 3.12. The molecule has 2 N–H and O–H groups in total. The highest BCUT2D eigenvalue weighted by molar-refractivity contribution is 5.64. The Hall–Kier alpha value is -1.64. The molecule has 0 bridgehead atoms. The molecule has 0 saturated carbocycles. The van der Waals surface area contributed by atoms with Crippen molar-refractivity contribution in [1.82, 2.24) is 0 Å².